The molecule has 6 amide bonds. The number of rotatable bonds is 27. The van der Waals surface area contributed by atoms with Gasteiger partial charge in [0.15, 0.2) is 11.8 Å². The Balaban J connectivity index is 0.00000631. The van der Waals surface area contributed by atoms with Crippen molar-refractivity contribution in [3.63, 3.8) is 0 Å². The number of hydrogen-bond donors (Lipinski definition) is 9. The number of imide groups is 1. The van der Waals surface area contributed by atoms with Gasteiger partial charge in [-0.1, -0.05) is 38.6 Å². The smallest absolute Gasteiger partial charge is 0.414 e. The third-order valence-corrected chi connectivity index (χ3v) is 15.0. The van der Waals surface area contributed by atoms with Crippen LogP contribution in [0.3, 0.4) is 0 Å². The molecule has 451 valence electrons. The van der Waals surface area contributed by atoms with Crippen molar-refractivity contribution < 1.29 is 125 Å². The SMILES string of the molecule is C=C/C(=C(/C)NCC12CC3(C)CC(C)(C1)CC(OCC[N-]C(=O)OCc1ccc(NC(=O)O[C@@H]4O[C@H](C(=O)O)[C@@H](O)[C@H](O)[C@H]4O)c(OCCOCCNC(=O)CCN4C(=O)C=CC4=O)c1)(C3)C2)c1ccc(CC(=O)NC)nc1C(=O)O.[CH3-].[Y]. The molecule has 1 radical (unpaired) electrons. The zero-order valence-corrected chi connectivity index (χ0v) is 49.9. The average Bonchev–Trinajstić information content (AvgIpc) is 1.04. The van der Waals surface area contributed by atoms with Crippen molar-refractivity contribution in [2.45, 2.75) is 115 Å². The molecule has 6 aliphatic rings. The number of carbonyl (C=O) groups excluding carboxylic acids is 6. The summed E-state index contributed by atoms with van der Waals surface area (Å²) in [5.41, 5.74) is 1.52. The number of anilines is 1. The van der Waals surface area contributed by atoms with Gasteiger partial charge in [0.05, 0.1) is 36.6 Å². The van der Waals surface area contributed by atoms with Gasteiger partial charge in [0.25, 0.3) is 11.8 Å². The molecule has 4 aliphatic carbocycles. The van der Waals surface area contributed by atoms with Gasteiger partial charge in [-0.25, -0.2) is 19.4 Å². The summed E-state index contributed by atoms with van der Waals surface area (Å²) in [6.07, 6.45) is -3.18. The standard InChI is InChI=1S/C55H71N7O19.CH3.Y/c1-6-34(35-9-8-33(22-39(64)56-5)60-42(35)47(70)71)31(2)59-30-54-25-52(3)24-53(4,26-54)28-55(27-52,29-54)79-18-15-58-50(74)78-23-32-7-10-36(61-51(75)81-49-45(69)43(67)44(68)46(80-49)48(72)73)37(21-32)77-20-19-76-17-14-57-38(63)13-16-62-40(65)11-12-41(62)66;;/h6-12,21,43-46,49,59,67-69H,1,13-20,22-30H2,2-5H3,(H6,56,57,58,61,63,64,70,71,72,73,74,75);1H3;/q;-1;/p-1/b34-31+;;/t43-,44-,45+,46-,49-,52?,53?,54?,55?;;/m0../s1. The topological polar surface area (TPSA) is 371 Å². The number of hydrogen-bond acceptors (Lipinski definition) is 19. The number of aromatic carboxylic acids is 1. The molecule has 27 heteroatoms. The molecule has 9 N–H and O–H groups in total. The molecule has 7 atom stereocenters. The summed E-state index contributed by atoms with van der Waals surface area (Å²) in [6.45, 7) is 10.8. The maximum absolute atomic E-state index is 13.0. The van der Waals surface area contributed by atoms with Crippen LogP contribution in [0.4, 0.5) is 15.3 Å². The normalized spacial score (nSPS) is 26.8. The second-order valence-electron chi connectivity index (χ2n) is 21.9. The third-order valence-electron chi connectivity index (χ3n) is 15.0. The molecule has 3 heterocycles. The van der Waals surface area contributed by atoms with E-state index in [1.54, 1.807) is 18.2 Å². The van der Waals surface area contributed by atoms with E-state index in [2.05, 4.69) is 52.0 Å². The number of nitrogens with one attached hydrogen (secondary N) is 4. The van der Waals surface area contributed by atoms with Crippen LogP contribution in [0.25, 0.3) is 10.9 Å². The quantitative estimate of drug-likeness (QED) is 0.0268. The number of pyridine rings is 1. The number of nitrogens with zero attached hydrogens (tertiary/aromatic N) is 3. The molecule has 8 rings (SSSR count). The Kier molecular flexibility index (Phi) is 23.5. The molecule has 2 aromatic rings. The Hall–Kier alpha value is -6.39. The van der Waals surface area contributed by atoms with E-state index < -0.39 is 78.2 Å². The van der Waals surface area contributed by atoms with Gasteiger partial charge in [0.2, 0.25) is 24.2 Å². The predicted octanol–water partition coefficient (Wildman–Crippen LogP) is 3.14. The fourth-order valence-electron chi connectivity index (χ4n) is 12.7. The molecule has 5 fully saturated rings. The Bertz CT molecular complexity index is 2790. The third kappa shape index (κ3) is 17.1. The number of ether oxygens (including phenoxy) is 6. The molecular weight excluding hydrogens is 1160 g/mol. The van der Waals surface area contributed by atoms with Gasteiger partial charge in [-0.05, 0) is 85.5 Å². The van der Waals surface area contributed by atoms with Crippen molar-refractivity contribution in [3.05, 3.63) is 96.1 Å². The summed E-state index contributed by atoms with van der Waals surface area (Å²) < 4.78 is 33.8. The number of carboxylic acid groups (broad SMARTS) is 2. The maximum atomic E-state index is 13.0. The van der Waals surface area contributed by atoms with E-state index in [-0.39, 0.29) is 145 Å². The van der Waals surface area contributed by atoms with Crippen LogP contribution in [-0.2, 0) is 93.4 Å². The van der Waals surface area contributed by atoms with Crippen LogP contribution in [0.15, 0.2) is 60.8 Å². The van der Waals surface area contributed by atoms with Crippen molar-refractivity contribution in [1.82, 2.24) is 25.8 Å². The van der Waals surface area contributed by atoms with Gasteiger partial charge in [-0.3, -0.25) is 34.2 Å². The van der Waals surface area contributed by atoms with Crippen molar-refractivity contribution in [2.24, 2.45) is 16.2 Å². The van der Waals surface area contributed by atoms with E-state index in [0.29, 0.717) is 28.9 Å². The van der Waals surface area contributed by atoms with Gasteiger partial charge in [-0.2, -0.15) is 0 Å². The number of likely N-dealkylation sites (N-methyl/N-ethyl adjacent to an activating group) is 1. The van der Waals surface area contributed by atoms with Crippen LogP contribution in [0.2, 0.25) is 0 Å². The van der Waals surface area contributed by atoms with E-state index in [9.17, 15) is 63.9 Å². The molecule has 26 nitrogen and oxygen atoms in total. The number of carbonyl (C=O) groups is 8. The molecule has 4 saturated carbocycles. The van der Waals surface area contributed by atoms with Crippen LogP contribution in [0.1, 0.15) is 93.0 Å². The summed E-state index contributed by atoms with van der Waals surface area (Å²) >= 11 is 0. The second kappa shape index (κ2) is 28.9. The summed E-state index contributed by atoms with van der Waals surface area (Å²) in [5, 5.41) is 65.3. The van der Waals surface area contributed by atoms with E-state index in [4.69, 9.17) is 28.4 Å². The minimum atomic E-state index is -2.03. The van der Waals surface area contributed by atoms with E-state index in [1.807, 2.05) is 6.92 Å². The first-order valence-electron chi connectivity index (χ1n) is 26.4. The van der Waals surface area contributed by atoms with Gasteiger partial charge < -0.3 is 82.6 Å². The summed E-state index contributed by atoms with van der Waals surface area (Å²) in [4.78, 5) is 103. The molecular formula is C56H73N7O19Y-2. The molecule has 83 heavy (non-hydrogen) atoms. The maximum Gasteiger partial charge on any atom is 0.414 e. The molecule has 0 spiro atoms. The number of aliphatic carboxylic acids is 1. The fourth-order valence-corrected chi connectivity index (χ4v) is 12.7. The minimum Gasteiger partial charge on any atom is -0.615 e. The molecule has 1 saturated heterocycles. The number of aliphatic hydroxyl groups excluding tert-OH is 3. The van der Waals surface area contributed by atoms with Gasteiger partial charge in [0, 0.05) is 101 Å². The zero-order valence-electron chi connectivity index (χ0n) is 47.1. The number of allylic oxidation sites excluding steroid dienone is 3. The number of aliphatic hydroxyl groups is 3. The molecule has 4 bridgehead atoms. The van der Waals surface area contributed by atoms with Crippen LogP contribution in [0, 0.1) is 23.7 Å². The minimum absolute atomic E-state index is 0. The monoisotopic (exact) mass is 1240 g/mol. The van der Waals surface area contributed by atoms with Gasteiger partial charge >= 0.3 is 18.0 Å². The first-order chi connectivity index (χ1) is 38.4. The molecule has 2 unspecified atom stereocenters. The van der Waals surface area contributed by atoms with Gasteiger partial charge in [0.1, 0.15) is 37.3 Å². The molecule has 2 aliphatic heterocycles. The summed E-state index contributed by atoms with van der Waals surface area (Å²) in [7, 11) is 1.50. The molecule has 1 aromatic carbocycles. The zero-order chi connectivity index (χ0) is 58.9. The Morgan fingerprint density at radius 1 is 0.880 bits per heavy atom. The van der Waals surface area contributed by atoms with Crippen LogP contribution in [0.5, 0.6) is 5.75 Å². The Morgan fingerprint density at radius 3 is 2.23 bits per heavy atom. The number of amides is 6. The van der Waals surface area contributed by atoms with Crippen LogP contribution >= 0.6 is 0 Å². The van der Waals surface area contributed by atoms with E-state index >= 15 is 0 Å². The van der Waals surface area contributed by atoms with Crippen LogP contribution < -0.4 is 26.0 Å². The second-order valence-corrected chi connectivity index (χ2v) is 21.9. The summed E-state index contributed by atoms with van der Waals surface area (Å²) in [6, 6.07) is 7.60. The van der Waals surface area contributed by atoms with Crippen molar-refractivity contribution in [2.75, 3.05) is 65.0 Å². The fraction of sp³-hybridized carbons (Fsp3) is 0.536. The van der Waals surface area contributed by atoms with Crippen molar-refractivity contribution >= 4 is 59.0 Å². The van der Waals surface area contributed by atoms with Crippen LogP contribution in [-0.4, -0.2) is 179 Å². The number of carboxylic acids is 2. The summed E-state index contributed by atoms with van der Waals surface area (Å²) in [5.74, 6) is -4.60. The average molecular weight is 1240 g/mol. The predicted molar refractivity (Wildman–Crippen MR) is 290 cm³/mol. The Labute approximate surface area is 505 Å². The van der Waals surface area contributed by atoms with Crippen molar-refractivity contribution in [3.8, 4) is 5.75 Å². The Morgan fingerprint density at radius 2 is 1.58 bits per heavy atom. The molecule has 1 aromatic heterocycles. The number of benzene rings is 1. The largest absolute Gasteiger partial charge is 0.615 e. The first kappa shape index (κ1) is 67.4. The van der Waals surface area contributed by atoms with E-state index in [1.165, 1.54) is 25.2 Å². The van der Waals surface area contributed by atoms with Gasteiger partial charge in [-0.15, -0.1) is 6.54 Å². The van der Waals surface area contributed by atoms with Crippen molar-refractivity contribution in [1.29, 1.82) is 0 Å². The first-order valence-corrected chi connectivity index (χ1v) is 26.4. The van der Waals surface area contributed by atoms with E-state index in [0.717, 1.165) is 61.3 Å². The number of aromatic nitrogens is 1.